The van der Waals surface area contributed by atoms with Crippen LogP contribution in [0.3, 0.4) is 0 Å². The zero-order valence-corrected chi connectivity index (χ0v) is 20.1. The molecule has 0 spiro atoms. The van der Waals surface area contributed by atoms with Gasteiger partial charge >= 0.3 is 0 Å². The van der Waals surface area contributed by atoms with Crippen LogP contribution in [0.1, 0.15) is 48.0 Å². The molecule has 0 atom stereocenters. The van der Waals surface area contributed by atoms with Gasteiger partial charge in [0.2, 0.25) is 5.91 Å². The molecule has 3 aromatic carbocycles. The van der Waals surface area contributed by atoms with Crippen molar-refractivity contribution in [2.24, 2.45) is 11.7 Å². The van der Waals surface area contributed by atoms with Crippen LogP contribution in [0.4, 0.5) is 0 Å². The second-order valence-corrected chi connectivity index (χ2v) is 9.68. The van der Waals surface area contributed by atoms with Crippen molar-refractivity contribution in [3.05, 3.63) is 96.3 Å². The van der Waals surface area contributed by atoms with Crippen LogP contribution in [0.5, 0.6) is 0 Å². The number of fused-ring (bicyclic) bond motifs is 2. The molecule has 5 nitrogen and oxygen atoms in total. The highest BCUT2D eigenvalue weighted by Gasteiger charge is 2.23. The summed E-state index contributed by atoms with van der Waals surface area (Å²) in [5.74, 6) is -0.305. The fraction of sp³-hybridized carbons (Fsp3) is 0.194. The van der Waals surface area contributed by atoms with Gasteiger partial charge in [-0.25, -0.2) is 0 Å². The summed E-state index contributed by atoms with van der Waals surface area (Å²) in [4.78, 5) is 16.9. The molecule has 1 aliphatic rings. The molecule has 2 aromatic heterocycles. The third-order valence-corrected chi connectivity index (χ3v) is 7.48. The number of hydrogen-bond donors (Lipinski definition) is 2. The third kappa shape index (κ3) is 3.87. The van der Waals surface area contributed by atoms with Crippen molar-refractivity contribution in [2.75, 3.05) is 0 Å². The second-order valence-electron chi connectivity index (χ2n) is 9.68. The fourth-order valence-electron chi connectivity index (χ4n) is 5.59. The molecule has 178 valence electrons. The highest BCUT2D eigenvalue weighted by atomic mass is 16.1. The molecule has 0 bridgehead atoms. The Morgan fingerprint density at radius 3 is 2.58 bits per heavy atom. The Bertz CT molecular complexity index is 1620. The topological polar surface area (TPSA) is 84.8 Å². The van der Waals surface area contributed by atoms with Crippen molar-refractivity contribution in [1.29, 1.82) is 5.41 Å². The molecule has 2 heterocycles. The first-order chi connectivity index (χ1) is 17.6. The van der Waals surface area contributed by atoms with Crippen LogP contribution in [-0.2, 0) is 0 Å². The van der Waals surface area contributed by atoms with E-state index in [0.29, 0.717) is 16.8 Å². The minimum Gasteiger partial charge on any atom is -0.366 e. The van der Waals surface area contributed by atoms with E-state index >= 15 is 0 Å². The van der Waals surface area contributed by atoms with Gasteiger partial charge in [0.1, 0.15) is 0 Å². The van der Waals surface area contributed by atoms with Crippen molar-refractivity contribution in [1.82, 2.24) is 9.55 Å². The lowest BCUT2D eigenvalue weighted by molar-refractivity contribution is 0.1000. The van der Waals surface area contributed by atoms with Crippen LogP contribution in [-0.4, -0.2) is 21.2 Å². The summed E-state index contributed by atoms with van der Waals surface area (Å²) in [5.41, 5.74) is 12.5. The summed E-state index contributed by atoms with van der Waals surface area (Å²) in [6.45, 7) is 0. The molecule has 5 aromatic rings. The van der Waals surface area contributed by atoms with E-state index in [1.165, 1.54) is 6.42 Å². The van der Waals surface area contributed by atoms with Gasteiger partial charge in [-0.15, -0.1) is 0 Å². The molecular formula is C31H28N4O. The van der Waals surface area contributed by atoms with E-state index in [1.54, 1.807) is 6.07 Å². The van der Waals surface area contributed by atoms with E-state index in [2.05, 4.69) is 52.1 Å². The number of nitrogens with zero attached hydrogens (tertiary/aromatic N) is 2. The molecular weight excluding hydrogens is 444 g/mol. The summed E-state index contributed by atoms with van der Waals surface area (Å²) in [6, 6.07) is 24.4. The molecule has 0 radical (unpaired) electrons. The Hall–Kier alpha value is -4.25. The summed E-state index contributed by atoms with van der Waals surface area (Å²) >= 11 is 0. The number of benzene rings is 3. The van der Waals surface area contributed by atoms with Gasteiger partial charge in [0, 0.05) is 57.2 Å². The third-order valence-electron chi connectivity index (χ3n) is 7.48. The van der Waals surface area contributed by atoms with Gasteiger partial charge in [0.25, 0.3) is 0 Å². The number of hydrogen-bond acceptors (Lipinski definition) is 3. The summed E-state index contributed by atoms with van der Waals surface area (Å²) < 4.78 is 2.12. The molecule has 1 aliphatic carbocycles. The monoisotopic (exact) mass is 472 g/mol. The number of amides is 1. The van der Waals surface area contributed by atoms with Gasteiger partial charge in [-0.1, -0.05) is 49.6 Å². The van der Waals surface area contributed by atoms with Gasteiger partial charge in [0.15, 0.2) is 0 Å². The molecule has 6 rings (SSSR count). The number of para-hydroxylation sites is 1. The first kappa shape index (κ1) is 22.2. The van der Waals surface area contributed by atoms with E-state index in [9.17, 15) is 4.79 Å². The van der Waals surface area contributed by atoms with Gasteiger partial charge in [-0.2, -0.15) is 0 Å². The number of carbonyl (C=O) groups is 1. The smallest absolute Gasteiger partial charge is 0.249 e. The predicted octanol–water partition coefficient (Wildman–Crippen LogP) is 6.89. The van der Waals surface area contributed by atoms with E-state index in [-0.39, 0.29) is 5.92 Å². The van der Waals surface area contributed by atoms with Gasteiger partial charge in [0.05, 0.1) is 11.0 Å². The van der Waals surface area contributed by atoms with Crippen molar-refractivity contribution < 1.29 is 4.79 Å². The predicted molar refractivity (Wildman–Crippen MR) is 146 cm³/mol. The van der Waals surface area contributed by atoms with Crippen LogP contribution in [0, 0.1) is 11.3 Å². The van der Waals surface area contributed by atoms with E-state index < -0.39 is 5.91 Å². The Morgan fingerprint density at radius 1 is 0.917 bits per heavy atom. The van der Waals surface area contributed by atoms with E-state index in [1.807, 2.05) is 36.5 Å². The van der Waals surface area contributed by atoms with Crippen LogP contribution in [0.25, 0.3) is 38.6 Å². The molecule has 0 saturated heterocycles. The molecule has 1 saturated carbocycles. The van der Waals surface area contributed by atoms with Crippen LogP contribution in [0.15, 0.2) is 85.2 Å². The number of primary amides is 1. The minimum absolute atomic E-state index is 0.181. The van der Waals surface area contributed by atoms with Crippen LogP contribution < -0.4 is 5.73 Å². The summed E-state index contributed by atoms with van der Waals surface area (Å²) in [5, 5.41) is 11.2. The highest BCUT2D eigenvalue weighted by molar-refractivity contribution is 6.10. The Morgan fingerprint density at radius 2 is 1.75 bits per heavy atom. The van der Waals surface area contributed by atoms with Gasteiger partial charge in [-0.05, 0) is 60.9 Å². The average molecular weight is 473 g/mol. The lowest BCUT2D eigenvalue weighted by atomic mass is 9.82. The maximum atomic E-state index is 12.2. The van der Waals surface area contributed by atoms with Crippen molar-refractivity contribution >= 4 is 33.4 Å². The van der Waals surface area contributed by atoms with E-state index in [0.717, 1.165) is 64.3 Å². The number of nitrogens with two attached hydrogens (primary N) is 1. The van der Waals surface area contributed by atoms with Crippen LogP contribution in [0.2, 0.25) is 0 Å². The molecule has 36 heavy (non-hydrogen) atoms. The molecule has 1 amide bonds. The standard InChI is InChI=1S/C31H28N4O/c32-30(20-7-2-1-3-8-20)27-18-23(13-14-26(27)31(33)36)35-16-15-25-24(10-6-12-29(25)35)22-17-21-9-4-5-11-28(21)34-19-22/h4-6,9-20,32H,1-3,7-8H2,(H2,33,36). The van der Waals surface area contributed by atoms with Gasteiger partial charge < -0.3 is 15.7 Å². The largest absolute Gasteiger partial charge is 0.366 e. The molecule has 1 fully saturated rings. The SMILES string of the molecule is N=C(c1cc(-n2ccc3c(-c4cnc5ccccc5c4)cccc32)ccc1C(N)=O)C1CCCCC1. The zero-order valence-electron chi connectivity index (χ0n) is 20.1. The number of carbonyl (C=O) groups excluding carboxylic acids is 1. The normalized spacial score (nSPS) is 14.3. The number of rotatable bonds is 5. The Balaban J connectivity index is 1.45. The van der Waals surface area contributed by atoms with Crippen molar-refractivity contribution in [3.8, 4) is 16.8 Å². The second kappa shape index (κ2) is 9.08. The summed E-state index contributed by atoms with van der Waals surface area (Å²) in [6.07, 6.45) is 9.46. The number of aromatic nitrogens is 2. The molecule has 5 heteroatoms. The average Bonchev–Trinajstić information content (AvgIpc) is 3.37. The lowest BCUT2D eigenvalue weighted by Crippen LogP contribution is -2.23. The van der Waals surface area contributed by atoms with Crippen molar-refractivity contribution in [3.63, 3.8) is 0 Å². The van der Waals surface area contributed by atoms with Crippen LogP contribution >= 0.6 is 0 Å². The first-order valence-electron chi connectivity index (χ1n) is 12.6. The first-order valence-corrected chi connectivity index (χ1v) is 12.6. The Labute approximate surface area is 210 Å². The molecule has 3 N–H and O–H groups in total. The fourth-order valence-corrected chi connectivity index (χ4v) is 5.59. The quantitative estimate of drug-likeness (QED) is 0.273. The zero-order chi connectivity index (χ0) is 24.6. The number of pyridine rings is 1. The summed E-state index contributed by atoms with van der Waals surface area (Å²) in [7, 11) is 0. The maximum Gasteiger partial charge on any atom is 0.249 e. The number of nitrogens with one attached hydrogen (secondary N) is 1. The molecule has 0 aliphatic heterocycles. The maximum absolute atomic E-state index is 12.2. The molecule has 0 unspecified atom stereocenters. The Kier molecular flexibility index (Phi) is 5.61. The lowest BCUT2D eigenvalue weighted by Gasteiger charge is -2.24. The highest BCUT2D eigenvalue weighted by Crippen LogP contribution is 2.33. The van der Waals surface area contributed by atoms with Crippen molar-refractivity contribution in [2.45, 2.75) is 32.1 Å². The van der Waals surface area contributed by atoms with Gasteiger partial charge in [-0.3, -0.25) is 9.78 Å². The van der Waals surface area contributed by atoms with E-state index in [4.69, 9.17) is 11.1 Å². The minimum atomic E-state index is -0.486.